The SMILES string of the molecule is O=C(O)CCC(=O)O.[CH3-].[Na+]. The van der Waals surface area contributed by atoms with E-state index in [0.717, 1.165) is 0 Å². The molecule has 0 radical (unpaired) electrons. The molecule has 10 heavy (non-hydrogen) atoms. The number of carbonyl (C=O) groups is 2. The molecule has 5 heteroatoms. The van der Waals surface area contributed by atoms with Crippen molar-refractivity contribution >= 4 is 11.9 Å². The molecule has 0 saturated heterocycles. The van der Waals surface area contributed by atoms with Gasteiger partial charge in [0.05, 0.1) is 12.8 Å². The molecule has 0 aliphatic heterocycles. The molecular formula is C5H9NaO4. The smallest absolute Gasteiger partial charge is 0.481 e. The topological polar surface area (TPSA) is 74.6 Å². The van der Waals surface area contributed by atoms with E-state index in [1.54, 1.807) is 0 Å². The number of carboxylic acid groups (broad SMARTS) is 2. The van der Waals surface area contributed by atoms with E-state index in [2.05, 4.69) is 0 Å². The maximum atomic E-state index is 9.64. The minimum absolute atomic E-state index is 0. The van der Waals surface area contributed by atoms with E-state index in [0.29, 0.717) is 0 Å². The van der Waals surface area contributed by atoms with Crippen LogP contribution in [-0.4, -0.2) is 22.2 Å². The first-order valence-corrected chi connectivity index (χ1v) is 2.06. The van der Waals surface area contributed by atoms with Gasteiger partial charge in [0.25, 0.3) is 0 Å². The number of rotatable bonds is 3. The van der Waals surface area contributed by atoms with Crippen molar-refractivity contribution in [1.29, 1.82) is 0 Å². The van der Waals surface area contributed by atoms with Crippen molar-refractivity contribution in [2.24, 2.45) is 0 Å². The second-order valence-electron chi connectivity index (χ2n) is 1.29. The molecule has 0 rings (SSSR count). The van der Waals surface area contributed by atoms with Crippen molar-refractivity contribution in [1.82, 2.24) is 0 Å². The Bertz CT molecular complexity index is 98.2. The van der Waals surface area contributed by atoms with Gasteiger partial charge in [0, 0.05) is 0 Å². The van der Waals surface area contributed by atoms with E-state index in [4.69, 9.17) is 10.2 Å². The number of aliphatic carboxylic acids is 2. The van der Waals surface area contributed by atoms with Crippen molar-refractivity contribution in [2.75, 3.05) is 0 Å². The van der Waals surface area contributed by atoms with E-state index >= 15 is 0 Å². The fourth-order valence-electron chi connectivity index (χ4n) is 0.214. The number of hydrogen-bond acceptors (Lipinski definition) is 2. The summed E-state index contributed by atoms with van der Waals surface area (Å²) >= 11 is 0. The molecule has 0 aromatic rings. The average Bonchev–Trinajstić information content (AvgIpc) is 1.61. The van der Waals surface area contributed by atoms with Crippen LogP contribution in [0.5, 0.6) is 0 Å². The summed E-state index contributed by atoms with van der Waals surface area (Å²) in [5, 5.41) is 15.8. The molecule has 0 saturated carbocycles. The van der Waals surface area contributed by atoms with Crippen LogP contribution in [0.3, 0.4) is 0 Å². The summed E-state index contributed by atoms with van der Waals surface area (Å²) in [6.45, 7) is 0. The second kappa shape index (κ2) is 8.94. The molecular weight excluding hydrogens is 147 g/mol. The minimum atomic E-state index is -1.08. The van der Waals surface area contributed by atoms with Crippen LogP contribution in [0.15, 0.2) is 0 Å². The molecule has 0 heterocycles. The summed E-state index contributed by atoms with van der Waals surface area (Å²) in [4.78, 5) is 19.3. The third-order valence-corrected chi connectivity index (χ3v) is 0.553. The maximum Gasteiger partial charge on any atom is 1.00 e. The zero-order valence-electron chi connectivity index (χ0n) is 6.13. The van der Waals surface area contributed by atoms with Crippen LogP contribution < -0.4 is 29.6 Å². The summed E-state index contributed by atoms with van der Waals surface area (Å²) in [5.41, 5.74) is 0. The Morgan fingerprint density at radius 3 is 1.30 bits per heavy atom. The van der Waals surface area contributed by atoms with E-state index in [-0.39, 0.29) is 49.8 Å². The summed E-state index contributed by atoms with van der Waals surface area (Å²) < 4.78 is 0. The van der Waals surface area contributed by atoms with Gasteiger partial charge in [-0.3, -0.25) is 9.59 Å². The molecule has 0 aliphatic carbocycles. The van der Waals surface area contributed by atoms with Crippen molar-refractivity contribution in [3.05, 3.63) is 7.43 Å². The Hall–Kier alpha value is -0.0600. The van der Waals surface area contributed by atoms with Crippen LogP contribution in [0.1, 0.15) is 12.8 Å². The molecule has 0 bridgehead atoms. The molecule has 4 nitrogen and oxygen atoms in total. The summed E-state index contributed by atoms with van der Waals surface area (Å²) in [5.74, 6) is -2.15. The van der Waals surface area contributed by atoms with Gasteiger partial charge in [-0.1, -0.05) is 0 Å². The zero-order chi connectivity index (χ0) is 6.57. The van der Waals surface area contributed by atoms with Crippen LogP contribution >= 0.6 is 0 Å². The molecule has 0 atom stereocenters. The number of carboxylic acids is 2. The predicted octanol–water partition coefficient (Wildman–Crippen LogP) is -2.61. The van der Waals surface area contributed by atoms with Gasteiger partial charge in [0.1, 0.15) is 0 Å². The second-order valence-corrected chi connectivity index (χ2v) is 1.29. The van der Waals surface area contributed by atoms with Crippen molar-refractivity contribution in [3.8, 4) is 0 Å². The standard InChI is InChI=1S/C4H6O4.CH3.Na/c5-3(6)1-2-4(7)8;;/h1-2H2,(H,5,6)(H,7,8);1H3;/q;-1;+1. The minimum Gasteiger partial charge on any atom is -0.481 e. The predicted molar refractivity (Wildman–Crippen MR) is 30.9 cm³/mol. The van der Waals surface area contributed by atoms with Gasteiger partial charge >= 0.3 is 41.5 Å². The van der Waals surface area contributed by atoms with E-state index < -0.39 is 11.9 Å². The van der Waals surface area contributed by atoms with Crippen LogP contribution in [-0.2, 0) is 9.59 Å². The quantitative estimate of drug-likeness (QED) is 0.347. The summed E-state index contributed by atoms with van der Waals surface area (Å²) in [6.07, 6.45) is -0.593. The van der Waals surface area contributed by atoms with Gasteiger partial charge in [-0.15, -0.1) is 0 Å². The molecule has 54 valence electrons. The van der Waals surface area contributed by atoms with Gasteiger partial charge in [-0.25, -0.2) is 0 Å². The van der Waals surface area contributed by atoms with E-state index in [9.17, 15) is 9.59 Å². The van der Waals surface area contributed by atoms with Gasteiger partial charge < -0.3 is 17.6 Å². The first kappa shape index (κ1) is 16.5. The largest absolute Gasteiger partial charge is 1.00 e. The molecule has 0 aromatic carbocycles. The number of hydrogen-bond donors (Lipinski definition) is 2. The molecule has 0 aliphatic rings. The van der Waals surface area contributed by atoms with Crippen LogP contribution in [0.2, 0.25) is 0 Å². The summed E-state index contributed by atoms with van der Waals surface area (Å²) in [7, 11) is 0. The van der Waals surface area contributed by atoms with Crippen LogP contribution in [0, 0.1) is 7.43 Å². The monoisotopic (exact) mass is 156 g/mol. The molecule has 0 amide bonds. The Balaban J connectivity index is -0.000000245. The van der Waals surface area contributed by atoms with Crippen LogP contribution in [0.25, 0.3) is 0 Å². The van der Waals surface area contributed by atoms with E-state index in [1.165, 1.54) is 0 Å². The molecule has 0 unspecified atom stereocenters. The van der Waals surface area contributed by atoms with Crippen molar-refractivity contribution in [3.63, 3.8) is 0 Å². The van der Waals surface area contributed by atoms with Crippen molar-refractivity contribution < 1.29 is 49.4 Å². The summed E-state index contributed by atoms with van der Waals surface area (Å²) in [6, 6.07) is 0. The Morgan fingerprint density at radius 2 is 1.20 bits per heavy atom. The average molecular weight is 156 g/mol. The fraction of sp³-hybridized carbons (Fsp3) is 0.400. The normalized spacial score (nSPS) is 6.80. The Labute approximate surface area is 81.5 Å². The third kappa shape index (κ3) is 15.7. The van der Waals surface area contributed by atoms with Crippen molar-refractivity contribution in [2.45, 2.75) is 12.8 Å². The van der Waals surface area contributed by atoms with Gasteiger partial charge in [0.2, 0.25) is 0 Å². The third-order valence-electron chi connectivity index (χ3n) is 0.553. The first-order chi connectivity index (χ1) is 3.63. The van der Waals surface area contributed by atoms with Gasteiger partial charge in [0.15, 0.2) is 0 Å². The zero-order valence-corrected chi connectivity index (χ0v) is 8.13. The van der Waals surface area contributed by atoms with Gasteiger partial charge in [-0.2, -0.15) is 0 Å². The Kier molecular flexibility index (Phi) is 14.7. The maximum absolute atomic E-state index is 9.64. The van der Waals surface area contributed by atoms with Gasteiger partial charge in [-0.05, 0) is 0 Å². The van der Waals surface area contributed by atoms with Crippen LogP contribution in [0.4, 0.5) is 0 Å². The fourth-order valence-corrected chi connectivity index (χ4v) is 0.214. The van der Waals surface area contributed by atoms with E-state index in [1.807, 2.05) is 0 Å². The Morgan fingerprint density at radius 1 is 1.00 bits per heavy atom. The molecule has 0 aromatic heterocycles. The molecule has 0 fully saturated rings. The molecule has 2 N–H and O–H groups in total. The molecule has 0 spiro atoms. The first-order valence-electron chi connectivity index (χ1n) is 2.06.